The lowest BCUT2D eigenvalue weighted by molar-refractivity contribution is 0.283. The molecule has 0 bridgehead atoms. The van der Waals surface area contributed by atoms with E-state index in [1.54, 1.807) is 52.4 Å². The molecular formula is C20H26F2N4O2. The van der Waals surface area contributed by atoms with Crippen molar-refractivity contribution >= 4 is 11.6 Å². The number of guanidine groups is 1. The smallest absolute Gasteiger partial charge is 0.195 e. The highest BCUT2D eigenvalue weighted by Gasteiger charge is 2.22. The van der Waals surface area contributed by atoms with Gasteiger partial charge in [-0.25, -0.2) is 8.78 Å². The predicted molar refractivity (Wildman–Crippen MR) is 107 cm³/mol. The summed E-state index contributed by atoms with van der Waals surface area (Å²) in [6, 6.07) is 8.69. The Balaban J connectivity index is 2.14. The van der Waals surface area contributed by atoms with Crippen molar-refractivity contribution in [3.05, 3.63) is 53.6 Å². The van der Waals surface area contributed by atoms with Crippen LogP contribution in [0.1, 0.15) is 11.6 Å². The molecule has 2 N–H and O–H groups in total. The molecule has 0 aromatic heterocycles. The number of ether oxygens (including phenoxy) is 2. The van der Waals surface area contributed by atoms with E-state index in [9.17, 15) is 8.78 Å². The minimum Gasteiger partial charge on any atom is -0.493 e. The van der Waals surface area contributed by atoms with Gasteiger partial charge in [0.05, 0.1) is 20.3 Å². The largest absolute Gasteiger partial charge is 0.493 e. The molecule has 0 aliphatic rings. The van der Waals surface area contributed by atoms with Crippen molar-refractivity contribution in [2.24, 2.45) is 4.99 Å². The third-order valence-corrected chi connectivity index (χ3v) is 4.29. The topological polar surface area (TPSA) is 58.1 Å². The Morgan fingerprint density at radius 2 is 1.71 bits per heavy atom. The molecule has 2 aromatic carbocycles. The van der Waals surface area contributed by atoms with Crippen LogP contribution in [0, 0.1) is 11.6 Å². The Labute approximate surface area is 164 Å². The first-order chi connectivity index (χ1) is 13.4. The molecule has 0 fully saturated rings. The Kier molecular flexibility index (Phi) is 7.57. The number of aliphatic imine (C=N–C) groups is 1. The zero-order chi connectivity index (χ0) is 20.7. The van der Waals surface area contributed by atoms with Crippen molar-refractivity contribution < 1.29 is 18.3 Å². The van der Waals surface area contributed by atoms with Gasteiger partial charge in [-0.2, -0.15) is 0 Å². The van der Waals surface area contributed by atoms with E-state index in [4.69, 9.17) is 9.47 Å². The SMILES string of the molecule is CN=C(NCC(c1c(F)cccc1F)N(C)C)Nc1ccc(OC)c(OC)c1. The molecule has 2 rings (SSSR count). The number of hydrogen-bond donors (Lipinski definition) is 2. The maximum absolute atomic E-state index is 14.2. The molecule has 6 nitrogen and oxygen atoms in total. The molecular weight excluding hydrogens is 366 g/mol. The van der Waals surface area contributed by atoms with E-state index in [1.807, 2.05) is 6.07 Å². The Hall–Kier alpha value is -2.87. The molecule has 1 unspecified atom stereocenters. The van der Waals surface area contributed by atoms with Crippen molar-refractivity contribution in [2.75, 3.05) is 47.2 Å². The summed E-state index contributed by atoms with van der Waals surface area (Å²) in [7, 11) is 8.27. The van der Waals surface area contributed by atoms with E-state index >= 15 is 0 Å². The Bertz CT molecular complexity index is 808. The number of nitrogens with one attached hydrogen (secondary N) is 2. The maximum atomic E-state index is 14.2. The summed E-state index contributed by atoms with van der Waals surface area (Å²) < 4.78 is 38.9. The van der Waals surface area contributed by atoms with E-state index in [2.05, 4.69) is 15.6 Å². The van der Waals surface area contributed by atoms with Crippen LogP contribution in [0.3, 0.4) is 0 Å². The molecule has 28 heavy (non-hydrogen) atoms. The van der Waals surface area contributed by atoms with Crippen LogP contribution in [0.15, 0.2) is 41.4 Å². The molecule has 1 atom stereocenters. The van der Waals surface area contributed by atoms with Gasteiger partial charge in [0, 0.05) is 30.9 Å². The summed E-state index contributed by atoms with van der Waals surface area (Å²) in [6.45, 7) is 0.248. The summed E-state index contributed by atoms with van der Waals surface area (Å²) in [5.74, 6) is 0.476. The van der Waals surface area contributed by atoms with Crippen molar-refractivity contribution in [2.45, 2.75) is 6.04 Å². The summed E-state index contributed by atoms with van der Waals surface area (Å²) in [6.07, 6.45) is 0. The van der Waals surface area contributed by atoms with Crippen LogP contribution >= 0.6 is 0 Å². The normalized spacial score (nSPS) is 12.6. The molecule has 0 aliphatic heterocycles. The van der Waals surface area contributed by atoms with Gasteiger partial charge < -0.3 is 25.0 Å². The lowest BCUT2D eigenvalue weighted by atomic mass is 10.0. The molecule has 0 heterocycles. The lowest BCUT2D eigenvalue weighted by Gasteiger charge is -2.26. The van der Waals surface area contributed by atoms with Crippen LogP contribution in [-0.2, 0) is 0 Å². The Morgan fingerprint density at radius 1 is 1.07 bits per heavy atom. The van der Waals surface area contributed by atoms with E-state index in [0.29, 0.717) is 17.5 Å². The van der Waals surface area contributed by atoms with Gasteiger partial charge in [0.25, 0.3) is 0 Å². The first kappa shape index (κ1) is 21.4. The van der Waals surface area contributed by atoms with Gasteiger partial charge in [0.15, 0.2) is 17.5 Å². The van der Waals surface area contributed by atoms with Crippen LogP contribution in [0.5, 0.6) is 11.5 Å². The highest BCUT2D eigenvalue weighted by molar-refractivity contribution is 5.93. The van der Waals surface area contributed by atoms with Gasteiger partial charge in [0.1, 0.15) is 11.6 Å². The highest BCUT2D eigenvalue weighted by Crippen LogP contribution is 2.29. The Morgan fingerprint density at radius 3 is 2.25 bits per heavy atom. The van der Waals surface area contributed by atoms with Crippen LogP contribution in [0.2, 0.25) is 0 Å². The minimum atomic E-state index is -0.580. The summed E-state index contributed by atoms with van der Waals surface area (Å²) in [5, 5.41) is 6.24. The molecule has 8 heteroatoms. The summed E-state index contributed by atoms with van der Waals surface area (Å²) in [5.41, 5.74) is 0.741. The third-order valence-electron chi connectivity index (χ3n) is 4.29. The average molecular weight is 392 g/mol. The van der Waals surface area contributed by atoms with Crippen LogP contribution in [-0.4, -0.2) is 52.8 Å². The zero-order valence-electron chi connectivity index (χ0n) is 16.7. The molecule has 0 saturated carbocycles. The number of halogens is 2. The van der Waals surface area contributed by atoms with Gasteiger partial charge >= 0.3 is 0 Å². The van der Waals surface area contributed by atoms with E-state index < -0.39 is 17.7 Å². The standard InChI is InChI=1S/C20H26F2N4O2/c1-23-20(25-13-9-10-17(27-4)18(11-13)28-5)24-12-16(26(2)3)19-14(21)7-6-8-15(19)22/h6-11,16H,12H2,1-5H3,(H2,23,24,25). The van der Waals surface area contributed by atoms with Gasteiger partial charge in [-0.15, -0.1) is 0 Å². The van der Waals surface area contributed by atoms with Gasteiger partial charge in [-0.1, -0.05) is 6.07 Å². The number of likely N-dealkylation sites (N-methyl/N-ethyl adjacent to an activating group) is 1. The third kappa shape index (κ3) is 5.10. The number of hydrogen-bond acceptors (Lipinski definition) is 4. The number of benzene rings is 2. The molecule has 152 valence electrons. The molecule has 0 aliphatic carbocycles. The average Bonchev–Trinajstić information content (AvgIpc) is 2.68. The van der Waals surface area contributed by atoms with Gasteiger partial charge in [0.2, 0.25) is 0 Å². The molecule has 0 amide bonds. The molecule has 0 radical (unpaired) electrons. The molecule has 0 saturated heterocycles. The first-order valence-electron chi connectivity index (χ1n) is 8.71. The van der Waals surface area contributed by atoms with Crippen molar-refractivity contribution in [1.82, 2.24) is 10.2 Å². The lowest BCUT2D eigenvalue weighted by Crippen LogP contribution is -2.38. The van der Waals surface area contributed by atoms with Crippen LogP contribution < -0.4 is 20.1 Å². The fourth-order valence-electron chi connectivity index (χ4n) is 2.80. The second-order valence-electron chi connectivity index (χ2n) is 6.26. The predicted octanol–water partition coefficient (Wildman–Crippen LogP) is 3.27. The highest BCUT2D eigenvalue weighted by atomic mass is 19.1. The van der Waals surface area contributed by atoms with E-state index in [-0.39, 0.29) is 12.1 Å². The number of nitrogens with zero attached hydrogens (tertiary/aromatic N) is 2. The fourth-order valence-corrected chi connectivity index (χ4v) is 2.80. The van der Waals surface area contributed by atoms with Crippen molar-refractivity contribution in [3.63, 3.8) is 0 Å². The maximum Gasteiger partial charge on any atom is 0.195 e. The first-order valence-corrected chi connectivity index (χ1v) is 8.71. The number of anilines is 1. The van der Waals surface area contributed by atoms with Crippen molar-refractivity contribution in [1.29, 1.82) is 0 Å². The van der Waals surface area contributed by atoms with Crippen molar-refractivity contribution in [3.8, 4) is 11.5 Å². The summed E-state index contributed by atoms with van der Waals surface area (Å²) in [4.78, 5) is 5.92. The monoisotopic (exact) mass is 392 g/mol. The zero-order valence-corrected chi connectivity index (χ0v) is 16.7. The van der Waals surface area contributed by atoms with E-state index in [1.165, 1.54) is 18.2 Å². The quantitative estimate of drug-likeness (QED) is 0.560. The molecule has 2 aromatic rings. The van der Waals surface area contributed by atoms with Crippen LogP contribution in [0.25, 0.3) is 0 Å². The number of rotatable bonds is 7. The fraction of sp³-hybridized carbons (Fsp3) is 0.350. The molecule has 0 spiro atoms. The second-order valence-corrected chi connectivity index (χ2v) is 6.26. The summed E-state index contributed by atoms with van der Waals surface area (Å²) >= 11 is 0. The van der Waals surface area contributed by atoms with Crippen LogP contribution in [0.4, 0.5) is 14.5 Å². The minimum absolute atomic E-state index is 0.0153. The second kappa shape index (κ2) is 9.89. The van der Waals surface area contributed by atoms with E-state index in [0.717, 1.165) is 5.69 Å². The van der Waals surface area contributed by atoms with Gasteiger partial charge in [-0.3, -0.25) is 4.99 Å². The number of methoxy groups -OCH3 is 2. The van der Waals surface area contributed by atoms with Gasteiger partial charge in [-0.05, 0) is 38.4 Å².